The standard InChI is InChI=1S/C22H27Cl2N3O3/c1-22(2,3)11-14(10-18(28)19-16(23)5-4-6-17(19)24)21(30)27-15(12-25)9-13-7-8-26-20(13)29/h4-6,13-15H,7-11H2,1-3H3,(H,26,29)(H,27,30)/t13-,14-,15-/m0/s1. The lowest BCUT2D eigenvalue weighted by Gasteiger charge is -2.26. The molecule has 1 aromatic carbocycles. The number of amides is 2. The Kier molecular flexibility index (Phi) is 8.28. The molecule has 1 aliphatic rings. The van der Waals surface area contributed by atoms with Crippen LogP contribution in [0.25, 0.3) is 0 Å². The van der Waals surface area contributed by atoms with Gasteiger partial charge in [-0.1, -0.05) is 50.0 Å². The highest BCUT2D eigenvalue weighted by Crippen LogP contribution is 2.31. The molecule has 0 saturated carbocycles. The van der Waals surface area contributed by atoms with Crippen molar-refractivity contribution in [2.24, 2.45) is 17.3 Å². The van der Waals surface area contributed by atoms with E-state index in [4.69, 9.17) is 23.2 Å². The van der Waals surface area contributed by atoms with Gasteiger partial charge in [-0.15, -0.1) is 0 Å². The van der Waals surface area contributed by atoms with Crippen LogP contribution in [0.1, 0.15) is 56.8 Å². The summed E-state index contributed by atoms with van der Waals surface area (Å²) in [6, 6.07) is 6.08. The molecule has 0 spiro atoms. The van der Waals surface area contributed by atoms with Gasteiger partial charge in [0, 0.05) is 24.8 Å². The first-order valence-corrected chi connectivity index (χ1v) is 10.7. The number of halogens is 2. The van der Waals surface area contributed by atoms with E-state index in [9.17, 15) is 19.6 Å². The van der Waals surface area contributed by atoms with Crippen molar-refractivity contribution < 1.29 is 14.4 Å². The molecule has 1 fully saturated rings. The van der Waals surface area contributed by atoms with Crippen molar-refractivity contribution in [1.82, 2.24) is 10.6 Å². The zero-order chi connectivity index (χ0) is 22.5. The summed E-state index contributed by atoms with van der Waals surface area (Å²) < 4.78 is 0. The van der Waals surface area contributed by atoms with E-state index in [1.165, 1.54) is 0 Å². The van der Waals surface area contributed by atoms with E-state index in [0.29, 0.717) is 19.4 Å². The van der Waals surface area contributed by atoms with Gasteiger partial charge < -0.3 is 10.6 Å². The molecule has 6 nitrogen and oxygen atoms in total. The van der Waals surface area contributed by atoms with Crippen molar-refractivity contribution in [3.63, 3.8) is 0 Å². The van der Waals surface area contributed by atoms with E-state index < -0.39 is 12.0 Å². The quantitative estimate of drug-likeness (QED) is 0.579. The van der Waals surface area contributed by atoms with Gasteiger partial charge in [-0.3, -0.25) is 14.4 Å². The number of ketones is 1. The Morgan fingerprint density at radius 3 is 2.43 bits per heavy atom. The first-order valence-electron chi connectivity index (χ1n) is 9.96. The Morgan fingerprint density at radius 2 is 1.93 bits per heavy atom. The van der Waals surface area contributed by atoms with E-state index in [1.807, 2.05) is 20.8 Å². The van der Waals surface area contributed by atoms with Gasteiger partial charge in [0.1, 0.15) is 6.04 Å². The second-order valence-corrected chi connectivity index (χ2v) is 9.70. The van der Waals surface area contributed by atoms with Gasteiger partial charge in [0.05, 0.1) is 21.7 Å². The highest BCUT2D eigenvalue weighted by Gasteiger charge is 2.32. The van der Waals surface area contributed by atoms with Crippen LogP contribution in [0.2, 0.25) is 10.0 Å². The number of hydrogen-bond acceptors (Lipinski definition) is 4. The van der Waals surface area contributed by atoms with Gasteiger partial charge in [-0.2, -0.15) is 5.26 Å². The summed E-state index contributed by atoms with van der Waals surface area (Å²) in [6.07, 6.45) is 1.26. The predicted molar refractivity (Wildman–Crippen MR) is 116 cm³/mol. The van der Waals surface area contributed by atoms with E-state index in [-0.39, 0.29) is 57.4 Å². The molecule has 1 aliphatic heterocycles. The minimum absolute atomic E-state index is 0.0748. The molecule has 3 atom stereocenters. The SMILES string of the molecule is CC(C)(C)C[C@H](CC(=O)c1c(Cl)cccc1Cl)C(=O)N[C@H](C#N)C[C@@H]1CCNC1=O. The number of nitrogens with zero attached hydrogens (tertiary/aromatic N) is 1. The number of carbonyl (C=O) groups excluding carboxylic acids is 3. The van der Waals surface area contributed by atoms with Crippen molar-refractivity contribution in [1.29, 1.82) is 5.26 Å². The fourth-order valence-corrected chi connectivity index (χ4v) is 4.28. The van der Waals surface area contributed by atoms with Crippen LogP contribution < -0.4 is 10.6 Å². The number of rotatable bonds is 8. The van der Waals surface area contributed by atoms with E-state index >= 15 is 0 Å². The average Bonchev–Trinajstić information content (AvgIpc) is 3.03. The highest BCUT2D eigenvalue weighted by molar-refractivity contribution is 6.39. The van der Waals surface area contributed by atoms with Crippen molar-refractivity contribution in [2.45, 2.75) is 52.5 Å². The monoisotopic (exact) mass is 451 g/mol. The molecular weight excluding hydrogens is 425 g/mol. The predicted octanol–water partition coefficient (Wildman–Crippen LogP) is 4.15. The Morgan fingerprint density at radius 1 is 1.30 bits per heavy atom. The van der Waals surface area contributed by atoms with Crippen molar-refractivity contribution in [3.05, 3.63) is 33.8 Å². The van der Waals surface area contributed by atoms with E-state index in [2.05, 4.69) is 16.7 Å². The molecule has 1 aromatic rings. The maximum Gasteiger partial charge on any atom is 0.224 e. The smallest absolute Gasteiger partial charge is 0.224 e. The Labute approximate surface area is 187 Å². The summed E-state index contributed by atoms with van der Waals surface area (Å²) in [5.41, 5.74) is -0.0213. The molecule has 1 heterocycles. The van der Waals surface area contributed by atoms with Crippen LogP contribution in [-0.2, 0) is 9.59 Å². The summed E-state index contributed by atoms with van der Waals surface area (Å²) in [5.74, 6) is -1.75. The molecule has 0 aliphatic carbocycles. The molecule has 0 radical (unpaired) electrons. The summed E-state index contributed by atoms with van der Waals surface area (Å²) in [5, 5.41) is 15.4. The fraction of sp³-hybridized carbons (Fsp3) is 0.545. The molecular formula is C22H27Cl2N3O3. The molecule has 162 valence electrons. The minimum atomic E-state index is -0.798. The second kappa shape index (κ2) is 10.3. The first-order chi connectivity index (χ1) is 14.0. The van der Waals surface area contributed by atoms with Gasteiger partial charge in [-0.05, 0) is 36.8 Å². The van der Waals surface area contributed by atoms with Gasteiger partial charge in [-0.25, -0.2) is 0 Å². The zero-order valence-corrected chi connectivity index (χ0v) is 18.9. The van der Waals surface area contributed by atoms with E-state index in [0.717, 1.165) is 0 Å². The Hall–Kier alpha value is -2.10. The Balaban J connectivity index is 2.14. The van der Waals surface area contributed by atoms with E-state index in [1.54, 1.807) is 18.2 Å². The molecule has 2 rings (SSSR count). The second-order valence-electron chi connectivity index (χ2n) is 8.89. The normalized spacial score (nSPS) is 18.3. The van der Waals surface area contributed by atoms with Crippen LogP contribution in [0, 0.1) is 28.6 Å². The highest BCUT2D eigenvalue weighted by atomic mass is 35.5. The maximum absolute atomic E-state index is 13.0. The molecule has 30 heavy (non-hydrogen) atoms. The van der Waals surface area contributed by atoms with Crippen molar-refractivity contribution >= 4 is 40.8 Å². The lowest BCUT2D eigenvalue weighted by Crippen LogP contribution is -2.41. The largest absolute Gasteiger partial charge is 0.356 e. The van der Waals surface area contributed by atoms with Gasteiger partial charge >= 0.3 is 0 Å². The average molecular weight is 452 g/mol. The number of carbonyl (C=O) groups is 3. The van der Waals surface area contributed by atoms with Crippen LogP contribution in [0.5, 0.6) is 0 Å². The third-order valence-corrected chi connectivity index (χ3v) is 5.69. The molecule has 0 aromatic heterocycles. The molecule has 8 heteroatoms. The third kappa shape index (κ3) is 6.72. The maximum atomic E-state index is 13.0. The third-order valence-electron chi connectivity index (χ3n) is 5.06. The number of nitriles is 1. The minimum Gasteiger partial charge on any atom is -0.356 e. The van der Waals surface area contributed by atoms with Gasteiger partial charge in [0.2, 0.25) is 11.8 Å². The summed E-state index contributed by atoms with van der Waals surface area (Å²) in [4.78, 5) is 37.7. The molecule has 1 saturated heterocycles. The van der Waals surface area contributed by atoms with Crippen molar-refractivity contribution in [3.8, 4) is 6.07 Å². The lowest BCUT2D eigenvalue weighted by atomic mass is 9.81. The van der Waals surface area contributed by atoms with Crippen LogP contribution >= 0.6 is 23.2 Å². The Bertz CT molecular complexity index is 838. The lowest BCUT2D eigenvalue weighted by molar-refractivity contribution is -0.127. The summed E-state index contributed by atoms with van der Waals surface area (Å²) in [6.45, 7) is 6.51. The molecule has 0 bridgehead atoms. The number of Topliss-reactive ketones (excluding diaryl/α,β-unsaturated/α-hetero) is 1. The number of benzene rings is 1. The molecule has 2 amide bonds. The molecule has 0 unspecified atom stereocenters. The summed E-state index contributed by atoms with van der Waals surface area (Å²) >= 11 is 12.3. The number of hydrogen-bond donors (Lipinski definition) is 2. The molecule has 2 N–H and O–H groups in total. The fourth-order valence-electron chi connectivity index (χ4n) is 3.67. The van der Waals surface area contributed by atoms with Crippen LogP contribution in [0.4, 0.5) is 0 Å². The number of nitrogens with one attached hydrogen (secondary N) is 2. The van der Waals surface area contributed by atoms with Crippen LogP contribution in [0.15, 0.2) is 18.2 Å². The topological polar surface area (TPSA) is 99.1 Å². The zero-order valence-electron chi connectivity index (χ0n) is 17.4. The van der Waals surface area contributed by atoms with Crippen LogP contribution in [0.3, 0.4) is 0 Å². The van der Waals surface area contributed by atoms with Gasteiger partial charge in [0.15, 0.2) is 5.78 Å². The van der Waals surface area contributed by atoms with Crippen LogP contribution in [-0.4, -0.2) is 30.2 Å². The first kappa shape index (κ1) is 24.2. The van der Waals surface area contributed by atoms with Gasteiger partial charge in [0.25, 0.3) is 0 Å². The van der Waals surface area contributed by atoms with Crippen molar-refractivity contribution in [2.75, 3.05) is 6.54 Å². The summed E-state index contributed by atoms with van der Waals surface area (Å²) in [7, 11) is 0.